The molecule has 0 aliphatic rings. The second kappa shape index (κ2) is 36.9. The number of benzene rings is 3. The molecule has 47 heavy (non-hydrogen) atoms. The van der Waals surface area contributed by atoms with Crippen molar-refractivity contribution < 1.29 is 53.0 Å². The van der Waals surface area contributed by atoms with Crippen LogP contribution >= 0.6 is 15.9 Å². The topological polar surface area (TPSA) is 230 Å². The molecule has 0 atom stereocenters. The van der Waals surface area contributed by atoms with E-state index in [1.807, 2.05) is 42.5 Å². The summed E-state index contributed by atoms with van der Waals surface area (Å²) in [5, 5.41) is 26.5. The van der Waals surface area contributed by atoms with Gasteiger partial charge in [-0.2, -0.15) is 0 Å². The Labute approximate surface area is 281 Å². The van der Waals surface area contributed by atoms with Crippen molar-refractivity contribution in [3.63, 3.8) is 0 Å². The fourth-order valence-corrected chi connectivity index (χ4v) is 2.15. The van der Waals surface area contributed by atoms with E-state index in [0.717, 1.165) is 14.1 Å². The lowest BCUT2D eigenvalue weighted by molar-refractivity contribution is -0.445. The number of nitrogens with two attached hydrogens (primary N) is 1. The summed E-state index contributed by atoms with van der Waals surface area (Å²) in [6.07, 6.45) is 0. The van der Waals surface area contributed by atoms with Crippen LogP contribution in [-0.2, 0) is 28.6 Å². The second-order valence-electron chi connectivity index (χ2n) is 7.28. The third kappa shape index (κ3) is 45.3. The fourth-order valence-electron chi connectivity index (χ4n) is 1.92. The minimum absolute atomic E-state index is 0.0412. The molecule has 0 aliphatic heterocycles. The number of phenolic OH excluding ortho intramolecular Hbond substituents is 1. The Morgan fingerprint density at radius 1 is 0.638 bits per heavy atom. The van der Waals surface area contributed by atoms with E-state index in [9.17, 15) is 14.4 Å². The maximum atomic E-state index is 10.6. The van der Waals surface area contributed by atoms with Gasteiger partial charge >= 0.3 is 17.9 Å². The molecule has 0 spiro atoms. The highest BCUT2D eigenvalue weighted by atomic mass is 79.9. The van der Waals surface area contributed by atoms with Crippen LogP contribution in [0.3, 0.4) is 0 Å². The first-order chi connectivity index (χ1) is 22.3. The fraction of sp³-hybridized carbons (Fsp3) is 0.300. The number of ether oxygens (including phenoxy) is 5. The Morgan fingerprint density at radius 2 is 0.894 bits per heavy atom. The summed E-state index contributed by atoms with van der Waals surface area (Å²) in [4.78, 5) is 47.8. The number of esters is 3. The van der Waals surface area contributed by atoms with E-state index in [4.69, 9.17) is 34.8 Å². The highest BCUT2D eigenvalue weighted by Gasteiger charge is 2.00. The number of hydrogen-bond donors (Lipinski definition) is 2. The van der Waals surface area contributed by atoms with Gasteiger partial charge in [-0.1, -0.05) is 70.5 Å². The zero-order valence-electron chi connectivity index (χ0n) is 27.0. The number of carbonyl (C=O) groups excluding carboxylic acids is 3. The van der Waals surface area contributed by atoms with E-state index >= 15 is 0 Å². The van der Waals surface area contributed by atoms with Crippen molar-refractivity contribution in [3.8, 4) is 17.2 Å². The number of alkyl halides is 1. The number of nitrogens with zero attached hydrogens (tertiary/aromatic N) is 2. The van der Waals surface area contributed by atoms with Crippen LogP contribution in [0.5, 0.6) is 17.2 Å². The Balaban J connectivity index is -0.000000246. The quantitative estimate of drug-likeness (QED) is 0.116. The largest absolute Gasteiger partial charge is 0.508 e. The van der Waals surface area contributed by atoms with Gasteiger partial charge in [0, 0.05) is 9.85 Å². The molecule has 0 aliphatic carbocycles. The van der Waals surface area contributed by atoms with E-state index in [2.05, 4.69) is 35.9 Å². The number of aromatic hydroxyl groups is 1. The van der Waals surface area contributed by atoms with Gasteiger partial charge < -0.3 is 34.5 Å². The van der Waals surface area contributed by atoms with Crippen molar-refractivity contribution in [1.82, 2.24) is 0 Å². The number of methoxy groups -OCH3 is 3. The molecule has 3 aromatic rings. The normalized spacial score (nSPS) is 8.09. The third-order valence-electron chi connectivity index (χ3n) is 3.75. The van der Waals surface area contributed by atoms with Crippen molar-refractivity contribution in [1.29, 1.82) is 0 Å². The summed E-state index contributed by atoms with van der Waals surface area (Å²) < 4.78 is 23.2. The molecular formula is C30H42BrN3O13. The highest BCUT2D eigenvalue weighted by molar-refractivity contribution is 9.09. The maximum Gasteiger partial charge on any atom is 0.343 e. The van der Waals surface area contributed by atoms with E-state index in [1.165, 1.54) is 28.4 Å². The zero-order chi connectivity index (χ0) is 36.9. The first kappa shape index (κ1) is 48.6. The van der Waals surface area contributed by atoms with Crippen LogP contribution in [0.4, 0.5) is 0 Å². The minimum atomic E-state index is -0.500. The predicted octanol–water partition coefficient (Wildman–Crippen LogP) is 3.78. The molecule has 3 N–H and O–H groups in total. The molecule has 0 saturated heterocycles. The number of rotatable bonds is 7. The molecular weight excluding hydrogens is 690 g/mol. The number of phenols is 1. The summed E-state index contributed by atoms with van der Waals surface area (Å²) in [5.41, 5.74) is 4.50. The van der Waals surface area contributed by atoms with E-state index in [1.54, 1.807) is 48.5 Å². The summed E-state index contributed by atoms with van der Waals surface area (Å²) in [6, 6.07) is 27.0. The number of hydrogen-bond acceptors (Lipinski definition) is 14. The van der Waals surface area contributed by atoms with Crippen LogP contribution in [0.1, 0.15) is 0 Å². The van der Waals surface area contributed by atoms with E-state index < -0.39 is 9.85 Å². The molecule has 3 rings (SSSR count). The van der Waals surface area contributed by atoms with Crippen LogP contribution in [0.2, 0.25) is 0 Å². The lowest BCUT2D eigenvalue weighted by atomic mass is 10.3. The number of carbonyl (C=O) groups is 3. The summed E-state index contributed by atoms with van der Waals surface area (Å²) in [7, 11) is 7.29. The molecule has 0 aromatic heterocycles. The van der Waals surface area contributed by atoms with Gasteiger partial charge in [-0.3, -0.25) is 25.0 Å². The molecule has 0 bridgehead atoms. The molecule has 0 saturated carbocycles. The number of halogens is 1. The standard InChI is InChI=1S/2C9H10O3.C6H6O.C3H5BrO2.2CH3NO2.CH5N/c2*1-11-9(10)7-12-8-5-3-2-4-6-8;7-6-4-2-1-3-5-6;1-6-3(5)2-4;2*1-2(3)4;1-2/h2*2-6H,7H2,1H3;1-5,7H;2H2,1H3;2*1H3;2H2,1H3. The summed E-state index contributed by atoms with van der Waals surface area (Å²) in [6.45, 7) is -0.0823. The van der Waals surface area contributed by atoms with Gasteiger partial charge in [0.2, 0.25) is 0 Å². The third-order valence-corrected chi connectivity index (χ3v) is 4.21. The first-order valence-corrected chi connectivity index (χ1v) is 14.0. The smallest absolute Gasteiger partial charge is 0.343 e. The Bertz CT molecular complexity index is 1110. The Kier molecular flexibility index (Phi) is 38.2. The Hall–Kier alpha value is -5.29. The van der Waals surface area contributed by atoms with Crippen LogP contribution < -0.4 is 15.2 Å². The summed E-state index contributed by atoms with van der Waals surface area (Å²) in [5.74, 6) is 0.668. The minimum Gasteiger partial charge on any atom is -0.508 e. The van der Waals surface area contributed by atoms with Gasteiger partial charge in [0.05, 0.1) is 21.3 Å². The predicted molar refractivity (Wildman–Crippen MR) is 178 cm³/mol. The second-order valence-corrected chi connectivity index (χ2v) is 7.84. The molecule has 0 fully saturated rings. The molecule has 17 heteroatoms. The van der Waals surface area contributed by atoms with Crippen LogP contribution in [-0.4, -0.2) is 93.9 Å². The molecule has 16 nitrogen and oxygen atoms in total. The van der Waals surface area contributed by atoms with Crippen molar-refractivity contribution in [2.75, 3.05) is 61.0 Å². The lowest BCUT2D eigenvalue weighted by Gasteiger charge is -2.02. The Morgan fingerprint density at radius 3 is 1.06 bits per heavy atom. The van der Waals surface area contributed by atoms with Gasteiger partial charge in [-0.25, -0.2) is 9.59 Å². The lowest BCUT2D eigenvalue weighted by Crippen LogP contribution is -2.12. The van der Waals surface area contributed by atoms with Gasteiger partial charge in [0.25, 0.3) is 0 Å². The monoisotopic (exact) mass is 731 g/mol. The number of para-hydroxylation sites is 3. The van der Waals surface area contributed by atoms with Crippen molar-refractivity contribution >= 4 is 33.8 Å². The SMILES string of the molecule is CN.COC(=O)CBr.COC(=O)COc1ccccc1.COC(=O)COc1ccccc1.C[N+](=O)[O-].C[N+](=O)[O-].Oc1ccccc1. The van der Waals surface area contributed by atoms with Gasteiger partial charge in [0.1, 0.15) is 22.6 Å². The van der Waals surface area contributed by atoms with Crippen molar-refractivity contribution in [2.24, 2.45) is 5.73 Å². The van der Waals surface area contributed by atoms with Crippen molar-refractivity contribution in [3.05, 3.63) is 111 Å². The first-order valence-electron chi connectivity index (χ1n) is 12.9. The van der Waals surface area contributed by atoms with Gasteiger partial charge in [-0.15, -0.1) is 0 Å². The van der Waals surface area contributed by atoms with Gasteiger partial charge in [0.15, 0.2) is 27.3 Å². The van der Waals surface area contributed by atoms with Crippen LogP contribution in [0.15, 0.2) is 91.0 Å². The van der Waals surface area contributed by atoms with Crippen LogP contribution in [0.25, 0.3) is 0 Å². The molecule has 262 valence electrons. The molecule has 0 radical (unpaired) electrons. The maximum absolute atomic E-state index is 10.6. The van der Waals surface area contributed by atoms with E-state index in [-0.39, 0.29) is 36.5 Å². The van der Waals surface area contributed by atoms with Gasteiger partial charge in [-0.05, 0) is 43.4 Å². The average molecular weight is 733 g/mol. The summed E-state index contributed by atoms with van der Waals surface area (Å²) >= 11 is 2.90. The van der Waals surface area contributed by atoms with Crippen LogP contribution in [0, 0.1) is 20.2 Å². The average Bonchev–Trinajstić information content (AvgIpc) is 3.08. The van der Waals surface area contributed by atoms with Crippen molar-refractivity contribution in [2.45, 2.75) is 0 Å². The van der Waals surface area contributed by atoms with E-state index in [0.29, 0.717) is 17.2 Å². The number of nitro groups is 2. The molecule has 0 unspecified atom stereocenters. The zero-order valence-corrected chi connectivity index (χ0v) is 28.6. The highest BCUT2D eigenvalue weighted by Crippen LogP contribution is 2.08. The molecule has 0 heterocycles. The molecule has 3 aromatic carbocycles. The molecule has 0 amide bonds.